The summed E-state index contributed by atoms with van der Waals surface area (Å²) >= 11 is 0. The summed E-state index contributed by atoms with van der Waals surface area (Å²) in [5.41, 5.74) is -0.566. The minimum absolute atomic E-state index is 0.00273. The fourth-order valence-corrected chi connectivity index (χ4v) is 0.960. The first-order chi connectivity index (χ1) is 6.52. The zero-order valence-electron chi connectivity index (χ0n) is 7.56. The summed E-state index contributed by atoms with van der Waals surface area (Å²) in [6.45, 7) is 1.47. The Balaban J connectivity index is 2.92. The maximum absolute atomic E-state index is 10.9. The standard InChI is InChI=1S/C9H10O5/c1-5(9(12)13)4-7-8(11)6(10)2-3-14-7/h2-3,5,11H,4H2,1H3,(H,12,13). The Kier molecular flexibility index (Phi) is 2.91. The molecule has 1 rings (SSSR count). The van der Waals surface area contributed by atoms with Gasteiger partial charge in [0.25, 0.3) is 0 Å². The lowest BCUT2D eigenvalue weighted by atomic mass is 10.1. The number of hydrogen-bond acceptors (Lipinski definition) is 4. The Hall–Kier alpha value is -1.78. The normalized spacial score (nSPS) is 12.4. The summed E-state index contributed by atoms with van der Waals surface area (Å²) in [6, 6.07) is 1.07. The van der Waals surface area contributed by atoms with Crippen LogP contribution in [0.25, 0.3) is 0 Å². The fraction of sp³-hybridized carbons (Fsp3) is 0.333. The number of hydrogen-bond donors (Lipinski definition) is 2. The summed E-state index contributed by atoms with van der Waals surface area (Å²) in [5, 5.41) is 17.8. The molecule has 0 radical (unpaired) electrons. The summed E-state index contributed by atoms with van der Waals surface area (Å²) in [7, 11) is 0. The van der Waals surface area contributed by atoms with Crippen LogP contribution in [0.4, 0.5) is 0 Å². The third kappa shape index (κ3) is 2.12. The summed E-state index contributed by atoms with van der Waals surface area (Å²) in [5.74, 6) is -2.21. The SMILES string of the molecule is CC(Cc1occc(=O)c1O)C(=O)O. The molecule has 0 amide bonds. The molecule has 76 valence electrons. The van der Waals surface area contributed by atoms with E-state index in [9.17, 15) is 14.7 Å². The molecule has 2 N–H and O–H groups in total. The van der Waals surface area contributed by atoms with Crippen molar-refractivity contribution in [3.63, 3.8) is 0 Å². The quantitative estimate of drug-likeness (QED) is 0.742. The molecular weight excluding hydrogens is 188 g/mol. The van der Waals surface area contributed by atoms with Gasteiger partial charge in [0.2, 0.25) is 11.2 Å². The van der Waals surface area contributed by atoms with Crippen molar-refractivity contribution in [3.05, 3.63) is 28.3 Å². The molecule has 0 saturated carbocycles. The molecule has 0 saturated heterocycles. The molecule has 0 aromatic carbocycles. The van der Waals surface area contributed by atoms with Gasteiger partial charge in [-0.3, -0.25) is 9.59 Å². The molecule has 1 aromatic heterocycles. The topological polar surface area (TPSA) is 87.7 Å². The molecule has 0 aliphatic heterocycles. The number of carboxylic acids is 1. The predicted octanol–water partition coefficient (Wildman–Crippen LogP) is 0.609. The summed E-state index contributed by atoms with van der Waals surface area (Å²) in [4.78, 5) is 21.4. The first kappa shape index (κ1) is 10.3. The minimum Gasteiger partial charge on any atom is -0.502 e. The van der Waals surface area contributed by atoms with E-state index in [2.05, 4.69) is 0 Å². The van der Waals surface area contributed by atoms with Crippen molar-refractivity contribution in [2.75, 3.05) is 0 Å². The Morgan fingerprint density at radius 1 is 1.64 bits per heavy atom. The Bertz CT molecular complexity index is 392. The molecule has 1 unspecified atom stereocenters. The molecular formula is C9H10O5. The number of rotatable bonds is 3. The Labute approximate surface area is 79.6 Å². The van der Waals surface area contributed by atoms with Gasteiger partial charge in [-0.1, -0.05) is 6.92 Å². The van der Waals surface area contributed by atoms with Crippen LogP contribution >= 0.6 is 0 Å². The van der Waals surface area contributed by atoms with Crippen molar-refractivity contribution >= 4 is 5.97 Å². The van der Waals surface area contributed by atoms with E-state index >= 15 is 0 Å². The molecule has 14 heavy (non-hydrogen) atoms. The third-order valence-corrected chi connectivity index (χ3v) is 1.84. The minimum atomic E-state index is -1.00. The van der Waals surface area contributed by atoms with Crippen LogP contribution in [0.1, 0.15) is 12.7 Å². The molecule has 0 aliphatic rings. The zero-order chi connectivity index (χ0) is 10.7. The average molecular weight is 198 g/mol. The highest BCUT2D eigenvalue weighted by atomic mass is 16.4. The van der Waals surface area contributed by atoms with Crippen LogP contribution in [0.5, 0.6) is 5.75 Å². The van der Waals surface area contributed by atoms with Crippen molar-refractivity contribution in [2.45, 2.75) is 13.3 Å². The molecule has 0 spiro atoms. The van der Waals surface area contributed by atoms with E-state index in [-0.39, 0.29) is 12.2 Å². The summed E-state index contributed by atoms with van der Waals surface area (Å²) < 4.78 is 4.85. The van der Waals surface area contributed by atoms with Gasteiger partial charge in [-0.15, -0.1) is 0 Å². The van der Waals surface area contributed by atoms with Gasteiger partial charge in [-0.2, -0.15) is 0 Å². The van der Waals surface area contributed by atoms with Crippen LogP contribution in [0.15, 0.2) is 21.5 Å². The van der Waals surface area contributed by atoms with Crippen LogP contribution < -0.4 is 5.43 Å². The molecule has 0 fully saturated rings. The van der Waals surface area contributed by atoms with E-state index in [0.717, 1.165) is 12.3 Å². The number of aliphatic carboxylic acids is 1. The van der Waals surface area contributed by atoms with Crippen molar-refractivity contribution in [3.8, 4) is 5.75 Å². The molecule has 1 atom stereocenters. The van der Waals surface area contributed by atoms with Crippen LogP contribution in [0.3, 0.4) is 0 Å². The maximum Gasteiger partial charge on any atom is 0.306 e. The van der Waals surface area contributed by atoms with Gasteiger partial charge in [0.15, 0.2) is 0 Å². The van der Waals surface area contributed by atoms with Gasteiger partial charge < -0.3 is 14.6 Å². The fourth-order valence-electron chi connectivity index (χ4n) is 0.960. The maximum atomic E-state index is 10.9. The highest BCUT2D eigenvalue weighted by Crippen LogP contribution is 2.15. The molecule has 0 aliphatic carbocycles. The largest absolute Gasteiger partial charge is 0.502 e. The average Bonchev–Trinajstić information content (AvgIpc) is 2.12. The van der Waals surface area contributed by atoms with Gasteiger partial charge in [0.1, 0.15) is 5.76 Å². The van der Waals surface area contributed by atoms with Crippen molar-refractivity contribution < 1.29 is 19.4 Å². The monoisotopic (exact) mass is 198 g/mol. The lowest BCUT2D eigenvalue weighted by Crippen LogP contribution is -2.13. The van der Waals surface area contributed by atoms with Gasteiger partial charge in [-0.25, -0.2) is 0 Å². The van der Waals surface area contributed by atoms with Crippen molar-refractivity contribution in [1.82, 2.24) is 0 Å². The first-order valence-corrected chi connectivity index (χ1v) is 4.05. The highest BCUT2D eigenvalue weighted by Gasteiger charge is 2.16. The van der Waals surface area contributed by atoms with Gasteiger partial charge in [-0.05, 0) is 0 Å². The Morgan fingerprint density at radius 2 is 2.29 bits per heavy atom. The second-order valence-corrected chi connectivity index (χ2v) is 3.00. The molecule has 1 heterocycles. The second-order valence-electron chi connectivity index (χ2n) is 3.00. The number of carboxylic acid groups (broad SMARTS) is 1. The molecule has 0 bridgehead atoms. The van der Waals surface area contributed by atoms with E-state index in [1.54, 1.807) is 0 Å². The predicted molar refractivity (Wildman–Crippen MR) is 47.1 cm³/mol. The smallest absolute Gasteiger partial charge is 0.306 e. The van der Waals surface area contributed by atoms with Crippen LogP contribution in [-0.2, 0) is 11.2 Å². The van der Waals surface area contributed by atoms with E-state index in [4.69, 9.17) is 9.52 Å². The van der Waals surface area contributed by atoms with E-state index in [1.165, 1.54) is 6.92 Å². The summed E-state index contributed by atoms with van der Waals surface area (Å²) in [6.07, 6.45) is 1.13. The van der Waals surface area contributed by atoms with Gasteiger partial charge in [0, 0.05) is 12.5 Å². The number of carbonyl (C=O) groups is 1. The first-order valence-electron chi connectivity index (χ1n) is 4.05. The highest BCUT2D eigenvalue weighted by molar-refractivity contribution is 5.69. The van der Waals surface area contributed by atoms with Crippen molar-refractivity contribution in [1.29, 1.82) is 0 Å². The van der Waals surface area contributed by atoms with Crippen LogP contribution in [-0.4, -0.2) is 16.2 Å². The van der Waals surface area contributed by atoms with Gasteiger partial charge >= 0.3 is 5.97 Å². The van der Waals surface area contributed by atoms with Crippen LogP contribution in [0, 0.1) is 5.92 Å². The zero-order valence-corrected chi connectivity index (χ0v) is 7.56. The van der Waals surface area contributed by atoms with Gasteiger partial charge in [0.05, 0.1) is 12.2 Å². The van der Waals surface area contributed by atoms with E-state index < -0.39 is 23.1 Å². The lowest BCUT2D eigenvalue weighted by Gasteiger charge is -2.05. The van der Waals surface area contributed by atoms with Crippen molar-refractivity contribution in [2.24, 2.45) is 5.92 Å². The molecule has 5 heteroatoms. The number of aromatic hydroxyl groups is 1. The lowest BCUT2D eigenvalue weighted by molar-refractivity contribution is -0.141. The van der Waals surface area contributed by atoms with E-state index in [0.29, 0.717) is 0 Å². The second kappa shape index (κ2) is 3.95. The van der Waals surface area contributed by atoms with Crippen LogP contribution in [0.2, 0.25) is 0 Å². The third-order valence-electron chi connectivity index (χ3n) is 1.84. The molecule has 5 nitrogen and oxygen atoms in total. The Morgan fingerprint density at radius 3 is 2.86 bits per heavy atom. The molecule has 1 aromatic rings. The van der Waals surface area contributed by atoms with E-state index in [1.807, 2.05) is 0 Å².